The first-order valence-electron chi connectivity index (χ1n) is 12.8. The molecule has 2 aromatic rings. The number of terminal acetylenes is 1. The van der Waals surface area contributed by atoms with Crippen LogP contribution in [0.2, 0.25) is 5.02 Å². The van der Waals surface area contributed by atoms with Crippen LogP contribution in [0.4, 0.5) is 4.79 Å². The molecule has 1 atom stereocenters. The van der Waals surface area contributed by atoms with E-state index in [4.69, 9.17) is 41.7 Å². The van der Waals surface area contributed by atoms with Crippen molar-refractivity contribution in [1.29, 1.82) is 0 Å². The Balaban J connectivity index is 1.68. The highest BCUT2D eigenvalue weighted by atomic mass is 35.5. The predicted octanol–water partition coefficient (Wildman–Crippen LogP) is 3.48. The summed E-state index contributed by atoms with van der Waals surface area (Å²) >= 11 is 6.30. The van der Waals surface area contributed by atoms with E-state index in [1.807, 2.05) is 6.92 Å². The average molecular weight is 599 g/mol. The fourth-order valence-corrected chi connectivity index (χ4v) is 4.21. The topological polar surface area (TPSA) is 146 Å². The lowest BCUT2D eigenvalue weighted by atomic mass is 9.95. The van der Waals surface area contributed by atoms with E-state index in [1.165, 1.54) is 13.3 Å². The smallest absolute Gasteiger partial charge is 0.338 e. The van der Waals surface area contributed by atoms with Gasteiger partial charge in [0.05, 0.1) is 43.2 Å². The SMILES string of the molecule is C#CCOc1c(Cl)cc(/C=N\NC(=O)COc2ccc([C@H]3NC(=O)NC(C)=C3C(=O)OCC)cc2OC)cc1OCC. The largest absolute Gasteiger partial charge is 0.493 e. The number of nitrogens with zero attached hydrogens (tertiary/aromatic N) is 1. The minimum absolute atomic E-state index is 0.0246. The maximum atomic E-state index is 12.6. The summed E-state index contributed by atoms with van der Waals surface area (Å²) in [7, 11) is 1.43. The van der Waals surface area contributed by atoms with Crippen molar-refractivity contribution in [2.45, 2.75) is 26.8 Å². The summed E-state index contributed by atoms with van der Waals surface area (Å²) in [5.41, 5.74) is 4.10. The van der Waals surface area contributed by atoms with Gasteiger partial charge in [0.15, 0.2) is 29.6 Å². The number of carbonyl (C=O) groups is 3. The monoisotopic (exact) mass is 598 g/mol. The molecule has 12 nitrogen and oxygen atoms in total. The third-order valence-corrected chi connectivity index (χ3v) is 5.96. The molecule has 0 saturated carbocycles. The molecule has 1 heterocycles. The molecule has 0 bridgehead atoms. The van der Waals surface area contributed by atoms with Gasteiger partial charge in [-0.15, -0.1) is 6.42 Å². The molecule has 42 heavy (non-hydrogen) atoms. The molecule has 0 aromatic heterocycles. The van der Waals surface area contributed by atoms with Gasteiger partial charge in [-0.05, 0) is 56.2 Å². The molecular formula is C29H31ClN4O8. The number of allylic oxidation sites excluding steroid dienone is 1. The van der Waals surface area contributed by atoms with Gasteiger partial charge < -0.3 is 34.3 Å². The zero-order valence-corrected chi connectivity index (χ0v) is 24.3. The first-order chi connectivity index (χ1) is 20.2. The van der Waals surface area contributed by atoms with Crippen molar-refractivity contribution in [3.8, 4) is 35.3 Å². The van der Waals surface area contributed by atoms with Gasteiger partial charge in [0, 0.05) is 5.70 Å². The second kappa shape index (κ2) is 15.2. The summed E-state index contributed by atoms with van der Waals surface area (Å²) in [5.74, 6) is 2.50. The van der Waals surface area contributed by atoms with Crippen LogP contribution in [0.5, 0.6) is 23.0 Å². The van der Waals surface area contributed by atoms with Gasteiger partial charge in [-0.1, -0.05) is 23.6 Å². The third kappa shape index (κ3) is 8.08. The number of hydrogen-bond donors (Lipinski definition) is 3. The van der Waals surface area contributed by atoms with Crippen LogP contribution in [0, 0.1) is 12.3 Å². The number of nitrogens with one attached hydrogen (secondary N) is 3. The highest BCUT2D eigenvalue weighted by molar-refractivity contribution is 6.32. The number of ether oxygens (including phenoxy) is 5. The molecule has 3 N–H and O–H groups in total. The third-order valence-electron chi connectivity index (χ3n) is 5.68. The van der Waals surface area contributed by atoms with E-state index in [2.05, 4.69) is 27.1 Å². The molecule has 0 spiro atoms. The Hall–Kier alpha value is -4.89. The molecule has 0 fully saturated rings. The number of halogens is 1. The second-order valence-corrected chi connectivity index (χ2v) is 8.95. The Kier molecular flexibility index (Phi) is 11.5. The Morgan fingerprint density at radius 3 is 2.60 bits per heavy atom. The van der Waals surface area contributed by atoms with E-state index in [0.29, 0.717) is 34.9 Å². The zero-order valence-electron chi connectivity index (χ0n) is 23.5. The molecule has 2 aromatic carbocycles. The minimum atomic E-state index is -0.784. The highest BCUT2D eigenvalue weighted by Gasteiger charge is 2.32. The van der Waals surface area contributed by atoms with Crippen LogP contribution in [-0.4, -0.2) is 57.7 Å². The standard InChI is InChI=1S/C29H31ClN4O8/c1-6-11-41-27-20(30)12-18(13-23(27)39-7-2)15-31-34-24(35)16-42-21-10-9-19(14-22(21)38-5)26-25(28(36)40-8-3)17(4)32-29(37)33-26/h1,9-10,12-15,26H,7-8,11,16H2,2-5H3,(H,34,35)(H2,32,33,37)/b31-15-/t26-/m1/s1. The molecule has 1 aliphatic rings. The number of amides is 3. The van der Waals surface area contributed by atoms with Gasteiger partial charge in [0.25, 0.3) is 5.91 Å². The predicted molar refractivity (Wildman–Crippen MR) is 155 cm³/mol. The van der Waals surface area contributed by atoms with Crippen molar-refractivity contribution in [2.75, 3.05) is 33.5 Å². The lowest BCUT2D eigenvalue weighted by Crippen LogP contribution is -2.45. The van der Waals surface area contributed by atoms with E-state index in [1.54, 1.807) is 44.2 Å². The lowest BCUT2D eigenvalue weighted by Gasteiger charge is -2.28. The van der Waals surface area contributed by atoms with Crippen LogP contribution in [0.25, 0.3) is 0 Å². The fraction of sp³-hybridized carbons (Fsp3) is 0.310. The molecule has 3 rings (SSSR count). The summed E-state index contributed by atoms with van der Waals surface area (Å²) < 4.78 is 27.2. The Bertz CT molecular complexity index is 1430. The molecule has 0 saturated heterocycles. The van der Waals surface area contributed by atoms with Crippen LogP contribution in [0.3, 0.4) is 0 Å². The minimum Gasteiger partial charge on any atom is -0.493 e. The van der Waals surface area contributed by atoms with Crippen molar-refractivity contribution in [1.82, 2.24) is 16.1 Å². The van der Waals surface area contributed by atoms with Crippen LogP contribution >= 0.6 is 11.6 Å². The van der Waals surface area contributed by atoms with E-state index >= 15 is 0 Å². The van der Waals surface area contributed by atoms with Crippen molar-refractivity contribution < 1.29 is 38.1 Å². The van der Waals surface area contributed by atoms with Gasteiger partial charge >= 0.3 is 12.0 Å². The van der Waals surface area contributed by atoms with Crippen LogP contribution in [0.15, 0.2) is 46.7 Å². The second-order valence-electron chi connectivity index (χ2n) is 8.54. The van der Waals surface area contributed by atoms with E-state index in [9.17, 15) is 14.4 Å². The average Bonchev–Trinajstić information content (AvgIpc) is 2.95. The van der Waals surface area contributed by atoms with Crippen molar-refractivity contribution in [2.24, 2.45) is 5.10 Å². The quantitative estimate of drug-likeness (QED) is 0.137. The van der Waals surface area contributed by atoms with E-state index in [-0.39, 0.29) is 41.9 Å². The van der Waals surface area contributed by atoms with Gasteiger partial charge in [0.2, 0.25) is 0 Å². The number of esters is 1. The molecular weight excluding hydrogens is 568 g/mol. The van der Waals surface area contributed by atoms with Gasteiger partial charge in [-0.25, -0.2) is 15.0 Å². The number of benzene rings is 2. The Labute approximate surface area is 248 Å². The number of urea groups is 1. The Morgan fingerprint density at radius 2 is 1.90 bits per heavy atom. The highest BCUT2D eigenvalue weighted by Crippen LogP contribution is 2.37. The maximum absolute atomic E-state index is 12.6. The molecule has 0 radical (unpaired) electrons. The van der Waals surface area contributed by atoms with Crippen molar-refractivity contribution in [3.63, 3.8) is 0 Å². The number of rotatable bonds is 13. The summed E-state index contributed by atoms with van der Waals surface area (Å²) in [6, 6.07) is 6.80. The van der Waals surface area contributed by atoms with Crippen LogP contribution in [0.1, 0.15) is 37.9 Å². The van der Waals surface area contributed by atoms with Crippen molar-refractivity contribution >= 4 is 35.7 Å². The fourth-order valence-electron chi connectivity index (χ4n) is 3.94. The van der Waals surface area contributed by atoms with Gasteiger partial charge in [-0.2, -0.15) is 5.10 Å². The summed E-state index contributed by atoms with van der Waals surface area (Å²) in [5, 5.41) is 9.51. The first kappa shape index (κ1) is 31.6. The summed E-state index contributed by atoms with van der Waals surface area (Å²) in [4.78, 5) is 37.1. The van der Waals surface area contributed by atoms with Crippen molar-refractivity contribution in [3.05, 3.63) is 57.8 Å². The normalized spacial score (nSPS) is 14.4. The van der Waals surface area contributed by atoms with Gasteiger partial charge in [-0.3, -0.25) is 4.79 Å². The molecule has 0 unspecified atom stereocenters. The van der Waals surface area contributed by atoms with Gasteiger partial charge in [0.1, 0.15) is 6.61 Å². The van der Waals surface area contributed by atoms with Crippen LogP contribution in [-0.2, 0) is 14.3 Å². The molecule has 3 amide bonds. The van der Waals surface area contributed by atoms with E-state index in [0.717, 1.165) is 0 Å². The van der Waals surface area contributed by atoms with E-state index < -0.39 is 23.9 Å². The maximum Gasteiger partial charge on any atom is 0.338 e. The molecule has 0 aliphatic carbocycles. The molecule has 13 heteroatoms. The number of methoxy groups -OCH3 is 1. The zero-order chi connectivity index (χ0) is 30.6. The number of hydrogen-bond acceptors (Lipinski definition) is 9. The summed E-state index contributed by atoms with van der Waals surface area (Å²) in [6.07, 6.45) is 6.64. The Morgan fingerprint density at radius 1 is 1.12 bits per heavy atom. The lowest BCUT2D eigenvalue weighted by molar-refractivity contribution is -0.139. The molecule has 222 valence electrons. The number of hydrazone groups is 1. The summed E-state index contributed by atoms with van der Waals surface area (Å²) in [6.45, 7) is 5.31. The first-order valence-corrected chi connectivity index (χ1v) is 13.2. The van der Waals surface area contributed by atoms with Crippen LogP contribution < -0.4 is 35.0 Å². The number of carbonyl (C=O) groups excluding carboxylic acids is 3. The molecule has 1 aliphatic heterocycles.